The van der Waals surface area contributed by atoms with E-state index in [2.05, 4.69) is 0 Å². The highest BCUT2D eigenvalue weighted by Gasteiger charge is 2.75. The van der Waals surface area contributed by atoms with Crippen molar-refractivity contribution in [2.75, 3.05) is 6.61 Å². The van der Waals surface area contributed by atoms with Crippen LogP contribution in [0.2, 0.25) is 0 Å². The summed E-state index contributed by atoms with van der Waals surface area (Å²) in [4.78, 5) is 36.2. The molecule has 6 nitrogen and oxygen atoms in total. The summed E-state index contributed by atoms with van der Waals surface area (Å²) >= 11 is 0. The summed E-state index contributed by atoms with van der Waals surface area (Å²) in [6, 6.07) is 0. The van der Waals surface area contributed by atoms with Crippen molar-refractivity contribution < 1.29 is 33.7 Å². The molecule has 0 aliphatic heterocycles. The number of fused-ring (bicyclic) bond motifs is 5. The summed E-state index contributed by atoms with van der Waals surface area (Å²) in [5.74, 6) is -2.80. The van der Waals surface area contributed by atoms with Gasteiger partial charge in [0.25, 0.3) is 0 Å². The highest BCUT2D eigenvalue weighted by Crippen LogP contribution is 2.70. The van der Waals surface area contributed by atoms with Crippen molar-refractivity contribution >= 4 is 17.5 Å². The summed E-state index contributed by atoms with van der Waals surface area (Å²) in [6.45, 7) is 5.89. The highest BCUT2D eigenvalue weighted by molar-refractivity contribution is 6.01. The summed E-state index contributed by atoms with van der Waals surface area (Å²) < 4.78 is 21.9. The van der Waals surface area contributed by atoms with Gasteiger partial charge in [-0.3, -0.25) is 14.4 Å². The average molecular weight is 435 g/mol. The number of halogens is 1. The second-order valence-corrected chi connectivity index (χ2v) is 10.4. The van der Waals surface area contributed by atoms with Crippen LogP contribution in [0.25, 0.3) is 0 Å². The third kappa shape index (κ3) is 2.65. The van der Waals surface area contributed by atoms with E-state index in [4.69, 9.17) is 4.74 Å². The lowest BCUT2D eigenvalue weighted by Gasteiger charge is -2.62. The van der Waals surface area contributed by atoms with E-state index < -0.39 is 58.4 Å². The molecule has 31 heavy (non-hydrogen) atoms. The van der Waals surface area contributed by atoms with Crippen LogP contribution in [-0.4, -0.2) is 51.7 Å². The lowest BCUT2D eigenvalue weighted by atomic mass is 9.44. The number of Topliss-reactive ketones (excluding diaryl/α,β-unsaturated/α-hetero) is 1. The van der Waals surface area contributed by atoms with Gasteiger partial charge in [0.15, 0.2) is 18.1 Å². The molecule has 8 atom stereocenters. The van der Waals surface area contributed by atoms with E-state index in [0.29, 0.717) is 24.8 Å². The number of aliphatic hydroxyl groups is 2. The summed E-state index contributed by atoms with van der Waals surface area (Å²) in [6.07, 6.45) is 4.29. The van der Waals surface area contributed by atoms with E-state index in [-0.39, 0.29) is 18.1 Å². The van der Waals surface area contributed by atoms with Crippen molar-refractivity contribution in [3.63, 3.8) is 0 Å². The third-order valence-corrected chi connectivity index (χ3v) is 9.05. The maximum Gasteiger partial charge on any atom is 0.303 e. The standard InChI is InChI=1S/C24H31FO6/c1-13-9-18-17-6-5-15-10-16(27)7-8-21(15,3)23(17,25)19(28)11-22(18,4)24(13,30)20(29)12-31-14(2)26/h7-8,10,13,17-19,28,30H,5-6,9,11-12H2,1-4H3/t13-,17-,18-,19+,21+,22+,23+,24+/m1/s1. The summed E-state index contributed by atoms with van der Waals surface area (Å²) in [7, 11) is 0. The van der Waals surface area contributed by atoms with Crippen LogP contribution < -0.4 is 0 Å². The fraction of sp³-hybridized carbons (Fsp3) is 0.708. The Morgan fingerprint density at radius 3 is 2.61 bits per heavy atom. The lowest BCUT2D eigenvalue weighted by molar-refractivity contribution is -0.219. The second kappa shape index (κ2) is 6.82. The normalized spacial score (nSPS) is 48.4. The Morgan fingerprint density at radius 2 is 1.97 bits per heavy atom. The van der Waals surface area contributed by atoms with Crippen LogP contribution in [0.5, 0.6) is 0 Å². The van der Waals surface area contributed by atoms with Gasteiger partial charge in [0, 0.05) is 23.7 Å². The molecule has 0 bridgehead atoms. The fourth-order valence-electron chi connectivity index (χ4n) is 7.42. The molecule has 3 saturated carbocycles. The van der Waals surface area contributed by atoms with Crippen molar-refractivity contribution in [3.05, 3.63) is 23.8 Å². The van der Waals surface area contributed by atoms with Crippen molar-refractivity contribution in [1.29, 1.82) is 0 Å². The first-order valence-corrected chi connectivity index (χ1v) is 11.0. The van der Waals surface area contributed by atoms with Gasteiger partial charge in [-0.05, 0) is 56.6 Å². The molecule has 3 fully saturated rings. The Hall–Kier alpha value is -1.86. The molecule has 4 aliphatic rings. The van der Waals surface area contributed by atoms with Gasteiger partial charge in [0.05, 0.1) is 6.10 Å². The Bertz CT molecular complexity index is 910. The minimum Gasteiger partial charge on any atom is -0.458 e. The van der Waals surface area contributed by atoms with Crippen LogP contribution in [0.15, 0.2) is 23.8 Å². The molecule has 2 N–H and O–H groups in total. The molecular weight excluding hydrogens is 403 g/mol. The molecule has 0 spiro atoms. The minimum atomic E-state index is -2.01. The monoisotopic (exact) mass is 434 g/mol. The zero-order valence-corrected chi connectivity index (χ0v) is 18.5. The van der Waals surface area contributed by atoms with Crippen LogP contribution in [0.3, 0.4) is 0 Å². The molecule has 0 saturated heterocycles. The molecule has 4 rings (SSSR count). The number of rotatable bonds is 3. The minimum absolute atomic E-state index is 0.0953. The molecule has 0 aromatic heterocycles. The van der Waals surface area contributed by atoms with Crippen molar-refractivity contribution in [2.24, 2.45) is 28.6 Å². The number of carbonyl (C=O) groups excluding carboxylic acids is 3. The quantitative estimate of drug-likeness (QED) is 0.662. The number of hydrogen-bond donors (Lipinski definition) is 2. The average Bonchev–Trinajstić information content (AvgIpc) is 2.89. The number of esters is 1. The summed E-state index contributed by atoms with van der Waals surface area (Å²) in [5, 5.41) is 22.9. The second-order valence-electron chi connectivity index (χ2n) is 10.4. The van der Waals surface area contributed by atoms with Gasteiger partial charge >= 0.3 is 5.97 Å². The Balaban J connectivity index is 1.76. The van der Waals surface area contributed by atoms with Crippen molar-refractivity contribution in [2.45, 2.75) is 70.8 Å². The molecule has 0 aromatic rings. The van der Waals surface area contributed by atoms with E-state index >= 15 is 4.39 Å². The molecule has 0 aromatic carbocycles. The Kier molecular flexibility index (Phi) is 4.91. The molecular formula is C24H31FO6. The van der Waals surface area contributed by atoms with Crippen LogP contribution in [0.1, 0.15) is 53.4 Å². The van der Waals surface area contributed by atoms with Gasteiger partial charge in [-0.25, -0.2) is 4.39 Å². The number of carbonyl (C=O) groups is 3. The van der Waals surface area contributed by atoms with E-state index in [1.54, 1.807) is 26.8 Å². The Morgan fingerprint density at radius 1 is 1.29 bits per heavy atom. The van der Waals surface area contributed by atoms with E-state index in [9.17, 15) is 24.6 Å². The van der Waals surface area contributed by atoms with Gasteiger partial charge in [0.2, 0.25) is 5.78 Å². The van der Waals surface area contributed by atoms with Gasteiger partial charge in [-0.2, -0.15) is 0 Å². The number of ketones is 2. The molecule has 0 radical (unpaired) electrons. The number of alkyl halides is 1. The van der Waals surface area contributed by atoms with Crippen LogP contribution in [0, 0.1) is 28.6 Å². The number of ether oxygens (including phenoxy) is 1. The molecule has 170 valence electrons. The van der Waals surface area contributed by atoms with Crippen LogP contribution in [0.4, 0.5) is 4.39 Å². The summed E-state index contributed by atoms with van der Waals surface area (Å²) in [5.41, 5.74) is -5.33. The third-order valence-electron chi connectivity index (χ3n) is 9.05. The zero-order valence-electron chi connectivity index (χ0n) is 18.5. The van der Waals surface area contributed by atoms with E-state index in [1.807, 2.05) is 0 Å². The molecule has 0 unspecified atom stereocenters. The Labute approximate surface area is 181 Å². The van der Waals surface area contributed by atoms with Gasteiger partial charge in [-0.1, -0.05) is 25.5 Å². The van der Waals surface area contributed by atoms with Gasteiger partial charge in [0.1, 0.15) is 5.60 Å². The first-order valence-electron chi connectivity index (χ1n) is 11.0. The maximum absolute atomic E-state index is 17.0. The maximum atomic E-state index is 17.0. The molecule has 7 heteroatoms. The largest absolute Gasteiger partial charge is 0.458 e. The highest BCUT2D eigenvalue weighted by atomic mass is 19.1. The SMILES string of the molecule is CC(=O)OCC(=O)[C@@]1(O)[C@H](C)C[C@@H]2[C@H]3CCC4=CC(=O)C=C[C@]4(C)[C@@]3(F)[C@@H](O)C[C@@]21C. The van der Waals surface area contributed by atoms with Crippen LogP contribution in [-0.2, 0) is 19.1 Å². The predicted molar refractivity (Wildman–Crippen MR) is 109 cm³/mol. The van der Waals surface area contributed by atoms with Crippen LogP contribution >= 0.6 is 0 Å². The topological polar surface area (TPSA) is 101 Å². The predicted octanol–water partition coefficient (Wildman–Crippen LogP) is 2.47. The molecule has 0 heterocycles. The van der Waals surface area contributed by atoms with E-state index in [1.165, 1.54) is 19.1 Å². The number of allylic oxidation sites excluding steroid dienone is 4. The number of hydrogen-bond acceptors (Lipinski definition) is 6. The van der Waals surface area contributed by atoms with Gasteiger partial charge in [-0.15, -0.1) is 0 Å². The van der Waals surface area contributed by atoms with Crippen molar-refractivity contribution in [1.82, 2.24) is 0 Å². The smallest absolute Gasteiger partial charge is 0.303 e. The molecule has 0 amide bonds. The van der Waals surface area contributed by atoms with Crippen molar-refractivity contribution in [3.8, 4) is 0 Å². The molecule has 4 aliphatic carbocycles. The van der Waals surface area contributed by atoms with E-state index in [0.717, 1.165) is 0 Å². The first kappa shape index (κ1) is 22.3. The first-order chi connectivity index (χ1) is 14.3. The fourth-order valence-corrected chi connectivity index (χ4v) is 7.42. The number of aliphatic hydroxyl groups excluding tert-OH is 1. The van der Waals surface area contributed by atoms with Gasteiger partial charge < -0.3 is 14.9 Å². The zero-order chi connectivity index (χ0) is 23.0. The lowest BCUT2D eigenvalue weighted by Crippen LogP contribution is -2.69.